The van der Waals surface area contributed by atoms with Gasteiger partial charge in [0.15, 0.2) is 23.4 Å². The molecule has 0 saturated heterocycles. The molecular weight excluding hydrogens is 268 g/mol. The van der Waals surface area contributed by atoms with Gasteiger partial charge in [-0.05, 0) is 24.6 Å². The van der Waals surface area contributed by atoms with Gasteiger partial charge in [-0.2, -0.15) is 0 Å². The molecule has 2 aromatic rings. The summed E-state index contributed by atoms with van der Waals surface area (Å²) in [6.45, 7) is 2.23. The molecule has 1 aliphatic heterocycles. The van der Waals surface area contributed by atoms with Crippen molar-refractivity contribution >= 4 is 5.78 Å². The largest absolute Gasteiger partial charge is 0.489 e. The molecule has 1 aliphatic rings. The van der Waals surface area contributed by atoms with Crippen LogP contribution in [-0.4, -0.2) is 18.5 Å². The second-order valence-electron chi connectivity index (χ2n) is 4.91. The normalized spacial score (nSPS) is 16.3. The summed E-state index contributed by atoms with van der Waals surface area (Å²) in [6, 6.07) is 15.3. The summed E-state index contributed by atoms with van der Waals surface area (Å²) < 4.78 is 16.9. The first-order valence-electron chi connectivity index (χ1n) is 6.83. The molecule has 0 aliphatic carbocycles. The molecule has 0 radical (unpaired) electrons. The molecule has 21 heavy (non-hydrogen) atoms. The zero-order chi connectivity index (χ0) is 14.7. The van der Waals surface area contributed by atoms with Crippen LogP contribution in [0.5, 0.6) is 17.2 Å². The van der Waals surface area contributed by atoms with Gasteiger partial charge in [0.1, 0.15) is 19.0 Å². The van der Waals surface area contributed by atoms with E-state index in [1.165, 1.54) is 6.92 Å². The molecule has 1 heterocycles. The van der Waals surface area contributed by atoms with Gasteiger partial charge in [0.2, 0.25) is 0 Å². The molecule has 108 valence electrons. The van der Waals surface area contributed by atoms with E-state index >= 15 is 0 Å². The van der Waals surface area contributed by atoms with Crippen LogP contribution in [0.15, 0.2) is 48.5 Å². The van der Waals surface area contributed by atoms with E-state index in [2.05, 4.69) is 0 Å². The topological polar surface area (TPSA) is 44.8 Å². The zero-order valence-corrected chi connectivity index (χ0v) is 11.7. The Morgan fingerprint density at radius 3 is 2.76 bits per heavy atom. The van der Waals surface area contributed by atoms with Crippen LogP contribution in [0.3, 0.4) is 0 Å². The first-order valence-corrected chi connectivity index (χ1v) is 6.83. The summed E-state index contributed by atoms with van der Waals surface area (Å²) >= 11 is 0. The lowest BCUT2D eigenvalue weighted by atomic mass is 10.2. The summed E-state index contributed by atoms with van der Waals surface area (Å²) in [7, 11) is 0. The quantitative estimate of drug-likeness (QED) is 0.865. The Bertz CT molecular complexity index is 636. The average Bonchev–Trinajstić information content (AvgIpc) is 2.53. The van der Waals surface area contributed by atoms with Crippen molar-refractivity contribution in [3.05, 3.63) is 54.1 Å². The van der Waals surface area contributed by atoms with Gasteiger partial charge in [-0.25, -0.2) is 0 Å². The molecule has 0 amide bonds. The van der Waals surface area contributed by atoms with E-state index in [-0.39, 0.29) is 12.4 Å². The Balaban J connectivity index is 1.71. The number of Topliss-reactive ketones (excluding diaryl/α,β-unsaturated/α-hetero) is 1. The van der Waals surface area contributed by atoms with Crippen molar-refractivity contribution in [2.24, 2.45) is 0 Å². The van der Waals surface area contributed by atoms with Crippen LogP contribution in [0.4, 0.5) is 0 Å². The number of rotatable bonds is 4. The Hall–Kier alpha value is -2.49. The molecule has 1 atom stereocenters. The van der Waals surface area contributed by atoms with Gasteiger partial charge in [0.25, 0.3) is 0 Å². The van der Waals surface area contributed by atoms with Gasteiger partial charge >= 0.3 is 0 Å². The SMILES string of the molecule is CC(=O)C1COc2ccc(OCc3ccccc3)cc2O1. The third-order valence-electron chi connectivity index (χ3n) is 3.28. The molecule has 0 aromatic heterocycles. The number of fused-ring (bicyclic) bond motifs is 1. The maximum atomic E-state index is 11.4. The molecule has 0 fully saturated rings. The highest BCUT2D eigenvalue weighted by molar-refractivity contribution is 5.81. The smallest absolute Gasteiger partial charge is 0.190 e. The van der Waals surface area contributed by atoms with Crippen LogP contribution in [0.2, 0.25) is 0 Å². The van der Waals surface area contributed by atoms with Crippen LogP contribution in [-0.2, 0) is 11.4 Å². The molecule has 0 spiro atoms. The molecule has 4 nitrogen and oxygen atoms in total. The summed E-state index contributed by atoms with van der Waals surface area (Å²) in [5.74, 6) is 1.83. The third kappa shape index (κ3) is 3.16. The van der Waals surface area contributed by atoms with E-state index in [9.17, 15) is 4.79 Å². The van der Waals surface area contributed by atoms with Gasteiger partial charge in [-0.3, -0.25) is 4.79 Å². The molecule has 0 N–H and O–H groups in total. The molecule has 4 heteroatoms. The van der Waals surface area contributed by atoms with Crippen molar-refractivity contribution in [3.8, 4) is 17.2 Å². The van der Waals surface area contributed by atoms with Crippen molar-refractivity contribution < 1.29 is 19.0 Å². The number of hydrogen-bond donors (Lipinski definition) is 0. The highest BCUT2D eigenvalue weighted by Crippen LogP contribution is 2.35. The fourth-order valence-corrected chi connectivity index (χ4v) is 2.08. The minimum Gasteiger partial charge on any atom is -0.489 e. The zero-order valence-electron chi connectivity index (χ0n) is 11.7. The van der Waals surface area contributed by atoms with E-state index in [0.717, 1.165) is 5.56 Å². The number of ketones is 1. The minimum atomic E-state index is -0.540. The lowest BCUT2D eigenvalue weighted by Crippen LogP contribution is -2.34. The number of carbonyl (C=O) groups excluding carboxylic acids is 1. The van der Waals surface area contributed by atoms with Gasteiger partial charge < -0.3 is 14.2 Å². The van der Waals surface area contributed by atoms with Gasteiger partial charge in [0.05, 0.1) is 0 Å². The fraction of sp³-hybridized carbons (Fsp3) is 0.235. The van der Waals surface area contributed by atoms with Crippen molar-refractivity contribution in [2.75, 3.05) is 6.61 Å². The maximum Gasteiger partial charge on any atom is 0.190 e. The molecular formula is C17H16O4. The summed E-state index contributed by atoms with van der Waals surface area (Å²) in [5.41, 5.74) is 1.09. The van der Waals surface area contributed by atoms with Gasteiger partial charge in [-0.15, -0.1) is 0 Å². The number of carbonyl (C=O) groups is 1. The Kier molecular flexibility index (Phi) is 3.77. The van der Waals surface area contributed by atoms with Crippen LogP contribution in [0.1, 0.15) is 12.5 Å². The first-order chi connectivity index (χ1) is 10.2. The fourth-order valence-electron chi connectivity index (χ4n) is 2.08. The summed E-state index contributed by atoms with van der Waals surface area (Å²) in [6.07, 6.45) is -0.540. The van der Waals surface area contributed by atoms with Crippen molar-refractivity contribution in [1.82, 2.24) is 0 Å². The lowest BCUT2D eigenvalue weighted by molar-refractivity contribution is -0.125. The monoisotopic (exact) mass is 284 g/mol. The predicted molar refractivity (Wildman–Crippen MR) is 77.8 cm³/mol. The molecule has 2 aromatic carbocycles. The highest BCUT2D eigenvalue weighted by atomic mass is 16.6. The molecule has 3 rings (SSSR count). The van der Waals surface area contributed by atoms with E-state index in [1.54, 1.807) is 12.1 Å². The van der Waals surface area contributed by atoms with Crippen LogP contribution in [0, 0.1) is 0 Å². The van der Waals surface area contributed by atoms with Gasteiger partial charge in [0, 0.05) is 6.07 Å². The van der Waals surface area contributed by atoms with E-state index in [0.29, 0.717) is 23.9 Å². The van der Waals surface area contributed by atoms with Crippen molar-refractivity contribution in [3.63, 3.8) is 0 Å². The Morgan fingerprint density at radius 2 is 2.00 bits per heavy atom. The summed E-state index contributed by atoms with van der Waals surface area (Å²) in [5, 5.41) is 0. The van der Waals surface area contributed by atoms with Crippen LogP contribution in [0.25, 0.3) is 0 Å². The molecule has 1 unspecified atom stereocenters. The minimum absolute atomic E-state index is 0.0451. The second kappa shape index (κ2) is 5.87. The molecule has 0 bridgehead atoms. The van der Waals surface area contributed by atoms with Gasteiger partial charge in [-0.1, -0.05) is 30.3 Å². The average molecular weight is 284 g/mol. The van der Waals surface area contributed by atoms with Crippen molar-refractivity contribution in [2.45, 2.75) is 19.6 Å². The molecule has 0 saturated carbocycles. The Labute approximate surface area is 123 Å². The lowest BCUT2D eigenvalue weighted by Gasteiger charge is -2.25. The Morgan fingerprint density at radius 1 is 1.19 bits per heavy atom. The maximum absolute atomic E-state index is 11.4. The summed E-state index contributed by atoms with van der Waals surface area (Å²) in [4.78, 5) is 11.4. The van der Waals surface area contributed by atoms with Crippen molar-refractivity contribution in [1.29, 1.82) is 0 Å². The van der Waals surface area contributed by atoms with E-state index in [1.807, 2.05) is 36.4 Å². The number of hydrogen-bond acceptors (Lipinski definition) is 4. The number of ether oxygens (including phenoxy) is 3. The van der Waals surface area contributed by atoms with Crippen LogP contribution >= 0.6 is 0 Å². The van der Waals surface area contributed by atoms with E-state index in [4.69, 9.17) is 14.2 Å². The predicted octanol–water partition coefficient (Wildman–Crippen LogP) is 2.99. The van der Waals surface area contributed by atoms with Crippen LogP contribution < -0.4 is 14.2 Å². The van der Waals surface area contributed by atoms with E-state index < -0.39 is 6.10 Å². The standard InChI is InChI=1S/C17H16O4/c1-12(18)17-11-20-15-8-7-14(9-16(15)21-17)19-10-13-5-3-2-4-6-13/h2-9,17H,10-11H2,1H3. The number of benzene rings is 2. The first kappa shape index (κ1) is 13.5. The second-order valence-corrected chi connectivity index (χ2v) is 4.91. The third-order valence-corrected chi connectivity index (χ3v) is 3.28. The highest BCUT2D eigenvalue weighted by Gasteiger charge is 2.24.